The van der Waals surface area contributed by atoms with Gasteiger partial charge in [0, 0.05) is 18.0 Å². The van der Waals surface area contributed by atoms with Crippen molar-refractivity contribution in [1.82, 2.24) is 5.32 Å². The molecule has 1 aromatic heterocycles. The molecule has 0 spiro atoms. The van der Waals surface area contributed by atoms with E-state index in [0.717, 1.165) is 31.4 Å². The highest BCUT2D eigenvalue weighted by Crippen LogP contribution is 2.38. The predicted molar refractivity (Wildman–Crippen MR) is 102 cm³/mol. The standard InChI is InChI=1S/C21H27NO5/c1-24-18-12-15(13-19(25-2)20(18)26-3)21(23)22-17-9-5-4-7-14(17)11-16-8-6-10-27-16/h6,8,10,12-14,17H,4-5,7,9,11H2,1-3H3,(H,22,23)/t14-,17+/m1/s1. The molecule has 146 valence electrons. The molecule has 1 saturated carbocycles. The summed E-state index contributed by atoms with van der Waals surface area (Å²) in [6.07, 6.45) is 6.90. The van der Waals surface area contributed by atoms with Gasteiger partial charge in [0.05, 0.1) is 27.6 Å². The van der Waals surface area contributed by atoms with Crippen LogP contribution in [0.2, 0.25) is 0 Å². The van der Waals surface area contributed by atoms with Crippen LogP contribution in [0.4, 0.5) is 0 Å². The van der Waals surface area contributed by atoms with Gasteiger partial charge in [-0.05, 0) is 43.0 Å². The first-order valence-electron chi connectivity index (χ1n) is 9.29. The van der Waals surface area contributed by atoms with Crippen molar-refractivity contribution in [3.63, 3.8) is 0 Å². The van der Waals surface area contributed by atoms with Gasteiger partial charge in [0.1, 0.15) is 5.76 Å². The van der Waals surface area contributed by atoms with Crippen LogP contribution in [0.15, 0.2) is 34.9 Å². The minimum atomic E-state index is -0.134. The molecule has 0 radical (unpaired) electrons. The Morgan fingerprint density at radius 2 is 1.81 bits per heavy atom. The van der Waals surface area contributed by atoms with Gasteiger partial charge < -0.3 is 23.9 Å². The lowest BCUT2D eigenvalue weighted by molar-refractivity contribution is 0.0903. The van der Waals surface area contributed by atoms with Crippen molar-refractivity contribution >= 4 is 5.91 Å². The van der Waals surface area contributed by atoms with E-state index in [2.05, 4.69) is 5.32 Å². The normalized spacial score (nSPS) is 19.4. The summed E-state index contributed by atoms with van der Waals surface area (Å²) < 4.78 is 21.5. The zero-order valence-corrected chi connectivity index (χ0v) is 16.1. The van der Waals surface area contributed by atoms with Crippen LogP contribution >= 0.6 is 0 Å². The Morgan fingerprint density at radius 1 is 1.11 bits per heavy atom. The molecule has 0 unspecified atom stereocenters. The predicted octanol–water partition coefficient (Wildman–Crippen LogP) is 3.84. The van der Waals surface area contributed by atoms with Crippen LogP contribution in [0.25, 0.3) is 0 Å². The number of nitrogens with one attached hydrogen (secondary N) is 1. The van der Waals surface area contributed by atoms with Crippen LogP contribution in [-0.2, 0) is 6.42 Å². The number of carbonyl (C=O) groups is 1. The Labute approximate surface area is 159 Å². The van der Waals surface area contributed by atoms with E-state index in [9.17, 15) is 4.79 Å². The largest absolute Gasteiger partial charge is 0.493 e. The number of rotatable bonds is 7. The van der Waals surface area contributed by atoms with Crippen LogP contribution in [0.1, 0.15) is 41.8 Å². The Balaban J connectivity index is 1.76. The minimum absolute atomic E-state index is 0.121. The molecule has 1 aromatic carbocycles. The maximum absolute atomic E-state index is 12.9. The van der Waals surface area contributed by atoms with Crippen molar-refractivity contribution in [2.75, 3.05) is 21.3 Å². The van der Waals surface area contributed by atoms with Gasteiger partial charge in [-0.25, -0.2) is 0 Å². The van der Waals surface area contributed by atoms with Crippen molar-refractivity contribution in [2.45, 2.75) is 38.1 Å². The van der Waals surface area contributed by atoms with E-state index >= 15 is 0 Å². The highest BCUT2D eigenvalue weighted by molar-refractivity contribution is 5.95. The van der Waals surface area contributed by atoms with Crippen molar-refractivity contribution in [3.8, 4) is 17.2 Å². The first-order valence-corrected chi connectivity index (χ1v) is 9.29. The topological polar surface area (TPSA) is 69.9 Å². The lowest BCUT2D eigenvalue weighted by Crippen LogP contribution is -2.42. The summed E-state index contributed by atoms with van der Waals surface area (Å²) in [5.74, 6) is 2.62. The third-order valence-corrected chi connectivity index (χ3v) is 5.20. The molecule has 1 aliphatic carbocycles. The molecular formula is C21H27NO5. The van der Waals surface area contributed by atoms with Gasteiger partial charge >= 0.3 is 0 Å². The number of hydrogen-bond donors (Lipinski definition) is 1. The number of amides is 1. The Morgan fingerprint density at radius 3 is 2.41 bits per heavy atom. The SMILES string of the molecule is COc1cc(C(=O)N[C@H]2CCCC[C@@H]2Cc2ccco2)cc(OC)c1OC. The van der Waals surface area contributed by atoms with Gasteiger partial charge in [0.2, 0.25) is 5.75 Å². The fourth-order valence-electron chi connectivity index (χ4n) is 3.79. The van der Waals surface area contributed by atoms with E-state index in [4.69, 9.17) is 18.6 Å². The summed E-state index contributed by atoms with van der Waals surface area (Å²) in [7, 11) is 4.63. The zero-order chi connectivity index (χ0) is 19.2. The van der Waals surface area contributed by atoms with Gasteiger partial charge in [-0.1, -0.05) is 12.8 Å². The zero-order valence-electron chi connectivity index (χ0n) is 16.1. The lowest BCUT2D eigenvalue weighted by Gasteiger charge is -2.32. The number of ether oxygens (including phenoxy) is 3. The molecular weight excluding hydrogens is 346 g/mol. The molecule has 1 heterocycles. The first-order chi connectivity index (χ1) is 13.2. The Bertz CT molecular complexity index is 731. The number of benzene rings is 1. The average molecular weight is 373 g/mol. The summed E-state index contributed by atoms with van der Waals surface area (Å²) in [5, 5.41) is 3.21. The third-order valence-electron chi connectivity index (χ3n) is 5.20. The highest BCUT2D eigenvalue weighted by Gasteiger charge is 2.28. The van der Waals surface area contributed by atoms with Crippen molar-refractivity contribution in [3.05, 3.63) is 41.9 Å². The monoisotopic (exact) mass is 373 g/mol. The minimum Gasteiger partial charge on any atom is -0.493 e. The van der Waals surface area contributed by atoms with E-state index in [0.29, 0.717) is 28.7 Å². The maximum Gasteiger partial charge on any atom is 0.251 e. The number of furan rings is 1. The Hall–Kier alpha value is -2.63. The fraction of sp³-hybridized carbons (Fsp3) is 0.476. The molecule has 0 saturated heterocycles. The molecule has 2 atom stereocenters. The van der Waals surface area contributed by atoms with Crippen LogP contribution in [0.3, 0.4) is 0 Å². The van der Waals surface area contributed by atoms with E-state index in [-0.39, 0.29) is 11.9 Å². The molecule has 6 heteroatoms. The molecule has 1 N–H and O–H groups in total. The second-order valence-corrected chi connectivity index (χ2v) is 6.82. The van der Waals surface area contributed by atoms with Crippen LogP contribution in [0, 0.1) is 5.92 Å². The molecule has 3 rings (SSSR count). The van der Waals surface area contributed by atoms with Crippen molar-refractivity contribution < 1.29 is 23.4 Å². The highest BCUT2D eigenvalue weighted by atomic mass is 16.5. The van der Waals surface area contributed by atoms with Gasteiger partial charge in [-0.3, -0.25) is 4.79 Å². The summed E-state index contributed by atoms with van der Waals surface area (Å²) in [6.45, 7) is 0. The molecule has 1 aliphatic rings. The average Bonchev–Trinajstić information content (AvgIpc) is 3.21. The molecule has 0 aliphatic heterocycles. The molecule has 0 bridgehead atoms. The fourth-order valence-corrected chi connectivity index (χ4v) is 3.79. The summed E-state index contributed by atoms with van der Waals surface area (Å²) in [6, 6.07) is 7.38. The van der Waals surface area contributed by atoms with Gasteiger partial charge in [0.25, 0.3) is 5.91 Å². The molecule has 1 amide bonds. The lowest BCUT2D eigenvalue weighted by atomic mass is 9.81. The smallest absolute Gasteiger partial charge is 0.251 e. The van der Waals surface area contributed by atoms with Gasteiger partial charge in [-0.2, -0.15) is 0 Å². The molecule has 2 aromatic rings. The van der Waals surface area contributed by atoms with Crippen LogP contribution in [0.5, 0.6) is 17.2 Å². The molecule has 1 fully saturated rings. The molecule has 6 nitrogen and oxygen atoms in total. The summed E-state index contributed by atoms with van der Waals surface area (Å²) in [4.78, 5) is 12.9. The first kappa shape index (κ1) is 19.1. The summed E-state index contributed by atoms with van der Waals surface area (Å²) >= 11 is 0. The van der Waals surface area contributed by atoms with Gasteiger partial charge in [0.15, 0.2) is 11.5 Å². The van der Waals surface area contributed by atoms with Crippen LogP contribution in [-0.4, -0.2) is 33.3 Å². The summed E-state index contributed by atoms with van der Waals surface area (Å²) in [5.41, 5.74) is 0.492. The van der Waals surface area contributed by atoms with E-state index in [1.807, 2.05) is 12.1 Å². The second-order valence-electron chi connectivity index (χ2n) is 6.82. The van der Waals surface area contributed by atoms with E-state index in [1.165, 1.54) is 6.42 Å². The van der Waals surface area contributed by atoms with E-state index in [1.54, 1.807) is 39.7 Å². The van der Waals surface area contributed by atoms with E-state index < -0.39 is 0 Å². The molecule has 27 heavy (non-hydrogen) atoms. The van der Waals surface area contributed by atoms with Crippen LogP contribution < -0.4 is 19.5 Å². The second kappa shape index (κ2) is 8.84. The number of hydrogen-bond acceptors (Lipinski definition) is 5. The third kappa shape index (κ3) is 4.38. The maximum atomic E-state index is 12.9. The Kier molecular flexibility index (Phi) is 6.27. The quantitative estimate of drug-likeness (QED) is 0.799. The van der Waals surface area contributed by atoms with Gasteiger partial charge in [-0.15, -0.1) is 0 Å². The number of methoxy groups -OCH3 is 3. The number of carbonyl (C=O) groups excluding carboxylic acids is 1. The van der Waals surface area contributed by atoms with Crippen molar-refractivity contribution in [1.29, 1.82) is 0 Å². The van der Waals surface area contributed by atoms with Crippen molar-refractivity contribution in [2.24, 2.45) is 5.92 Å².